The molecule has 3 rings (SSSR count). The predicted molar refractivity (Wildman–Crippen MR) is 85.2 cm³/mol. The molecule has 0 bridgehead atoms. The van der Waals surface area contributed by atoms with Gasteiger partial charge >= 0.3 is 0 Å². The Labute approximate surface area is 134 Å². The number of piperidine rings is 1. The van der Waals surface area contributed by atoms with Gasteiger partial charge in [0.15, 0.2) is 0 Å². The minimum absolute atomic E-state index is 0.0827. The summed E-state index contributed by atoms with van der Waals surface area (Å²) in [7, 11) is 1.67. The topological polar surface area (TPSA) is 86.0 Å². The Kier molecular flexibility index (Phi) is 4.27. The van der Waals surface area contributed by atoms with Crippen molar-refractivity contribution in [3.63, 3.8) is 0 Å². The number of aliphatic hydroxyl groups excluding tert-OH is 2. The first-order valence-corrected chi connectivity index (χ1v) is 7.95. The number of aryl methyl sites for hydroxylation is 1. The van der Waals surface area contributed by atoms with Crippen molar-refractivity contribution in [3.8, 4) is 0 Å². The molecule has 7 heteroatoms. The van der Waals surface area contributed by atoms with E-state index in [9.17, 15) is 14.7 Å². The Hall–Kier alpha value is -1.70. The first-order chi connectivity index (χ1) is 10.9. The molecule has 1 aromatic heterocycles. The van der Waals surface area contributed by atoms with Gasteiger partial charge in [-0.2, -0.15) is 0 Å². The molecule has 2 N–H and O–H groups in total. The quantitative estimate of drug-likeness (QED) is 0.707. The van der Waals surface area contributed by atoms with Crippen molar-refractivity contribution in [2.24, 2.45) is 12.5 Å². The number of aromatic nitrogens is 1. The summed E-state index contributed by atoms with van der Waals surface area (Å²) >= 11 is 0. The number of anilines is 1. The van der Waals surface area contributed by atoms with Crippen LogP contribution < -0.4 is 10.5 Å². The molecule has 0 saturated carbocycles. The SMILES string of the molecule is Cn1cc(N2C[C@]3(CCCN(C[C@H](O)CO)C3)C2=O)ccc1=O. The van der Waals surface area contributed by atoms with Gasteiger partial charge in [0.25, 0.3) is 0 Å². The Bertz CT molecular complexity index is 659. The lowest BCUT2D eigenvalue weighted by molar-refractivity contribution is -0.140. The van der Waals surface area contributed by atoms with Crippen LogP contribution in [-0.4, -0.2) is 64.5 Å². The lowest BCUT2D eigenvalue weighted by Crippen LogP contribution is -2.67. The van der Waals surface area contributed by atoms with E-state index in [1.54, 1.807) is 24.2 Å². The van der Waals surface area contributed by atoms with Crippen LogP contribution in [0.25, 0.3) is 0 Å². The minimum atomic E-state index is -0.764. The van der Waals surface area contributed by atoms with Gasteiger partial charge in [-0.1, -0.05) is 0 Å². The average molecular weight is 321 g/mol. The first kappa shape index (κ1) is 16.2. The Morgan fingerprint density at radius 2 is 2.09 bits per heavy atom. The number of nitrogens with zero attached hydrogens (tertiary/aromatic N) is 3. The molecule has 0 aromatic carbocycles. The van der Waals surface area contributed by atoms with Crippen molar-refractivity contribution >= 4 is 11.6 Å². The third-order valence-corrected chi connectivity index (χ3v) is 4.88. The van der Waals surface area contributed by atoms with Crippen LogP contribution in [0.2, 0.25) is 0 Å². The number of amides is 1. The van der Waals surface area contributed by atoms with E-state index in [4.69, 9.17) is 5.11 Å². The third-order valence-electron chi connectivity index (χ3n) is 4.88. The van der Waals surface area contributed by atoms with Gasteiger partial charge in [-0.15, -0.1) is 0 Å². The molecule has 126 valence electrons. The fourth-order valence-corrected chi connectivity index (χ4v) is 3.63. The van der Waals surface area contributed by atoms with Gasteiger partial charge in [-0.25, -0.2) is 0 Å². The largest absolute Gasteiger partial charge is 0.394 e. The number of hydrogen-bond donors (Lipinski definition) is 2. The van der Waals surface area contributed by atoms with E-state index in [0.29, 0.717) is 19.6 Å². The zero-order valence-corrected chi connectivity index (χ0v) is 13.3. The van der Waals surface area contributed by atoms with E-state index in [1.165, 1.54) is 10.6 Å². The van der Waals surface area contributed by atoms with Crippen LogP contribution in [0.3, 0.4) is 0 Å². The maximum Gasteiger partial charge on any atom is 0.250 e. The molecule has 2 aliphatic rings. The molecule has 23 heavy (non-hydrogen) atoms. The maximum atomic E-state index is 12.7. The molecule has 0 aliphatic carbocycles. The highest BCUT2D eigenvalue weighted by atomic mass is 16.3. The van der Waals surface area contributed by atoms with E-state index < -0.39 is 6.10 Å². The standard InChI is InChI=1S/C16H23N3O4/c1-17-7-12(3-4-14(17)22)19-11-16(15(19)23)5-2-6-18(10-16)8-13(21)9-20/h3-4,7,13,20-21H,2,5-6,8-11H2,1H3/t13-,16+/m0/s1. The number of likely N-dealkylation sites (tertiary alicyclic amines) is 1. The monoisotopic (exact) mass is 321 g/mol. The molecule has 7 nitrogen and oxygen atoms in total. The molecular weight excluding hydrogens is 298 g/mol. The van der Waals surface area contributed by atoms with Gasteiger partial charge in [-0.3, -0.25) is 14.5 Å². The summed E-state index contributed by atoms with van der Waals surface area (Å²) < 4.78 is 1.47. The fourth-order valence-electron chi connectivity index (χ4n) is 3.63. The summed E-state index contributed by atoms with van der Waals surface area (Å²) in [6.45, 7) is 2.22. The van der Waals surface area contributed by atoms with Gasteiger partial charge in [0.05, 0.1) is 23.8 Å². The molecule has 1 aromatic rings. The van der Waals surface area contributed by atoms with E-state index in [1.807, 2.05) is 0 Å². The number of carbonyl (C=O) groups excluding carboxylic acids is 1. The van der Waals surface area contributed by atoms with Gasteiger partial charge < -0.3 is 19.7 Å². The summed E-state index contributed by atoms with van der Waals surface area (Å²) in [6, 6.07) is 3.15. The predicted octanol–water partition coefficient (Wildman–Crippen LogP) is -0.833. The van der Waals surface area contributed by atoms with Crippen molar-refractivity contribution < 1.29 is 15.0 Å². The van der Waals surface area contributed by atoms with Gasteiger partial charge in [0.2, 0.25) is 11.5 Å². The zero-order valence-electron chi connectivity index (χ0n) is 13.3. The highest BCUT2D eigenvalue weighted by Gasteiger charge is 2.54. The van der Waals surface area contributed by atoms with Crippen molar-refractivity contribution in [1.82, 2.24) is 9.47 Å². The minimum Gasteiger partial charge on any atom is -0.394 e. The number of hydrogen-bond acceptors (Lipinski definition) is 5. The molecule has 2 saturated heterocycles. The highest BCUT2D eigenvalue weighted by molar-refractivity contribution is 6.04. The van der Waals surface area contributed by atoms with Crippen LogP contribution in [0.1, 0.15) is 12.8 Å². The Morgan fingerprint density at radius 1 is 1.30 bits per heavy atom. The number of β-lactam (4-membered cyclic amide) rings is 1. The normalized spacial score (nSPS) is 26.4. The van der Waals surface area contributed by atoms with E-state index >= 15 is 0 Å². The third kappa shape index (κ3) is 2.91. The van der Waals surface area contributed by atoms with Crippen LogP contribution in [-0.2, 0) is 11.8 Å². The molecule has 1 amide bonds. The van der Waals surface area contributed by atoms with E-state index in [0.717, 1.165) is 25.1 Å². The van der Waals surface area contributed by atoms with Crippen LogP contribution in [0, 0.1) is 5.41 Å². The number of aliphatic hydroxyl groups is 2. The Balaban J connectivity index is 1.70. The molecule has 3 heterocycles. The van der Waals surface area contributed by atoms with Crippen LogP contribution >= 0.6 is 0 Å². The lowest BCUT2D eigenvalue weighted by Gasteiger charge is -2.53. The van der Waals surface area contributed by atoms with Gasteiger partial charge in [0.1, 0.15) is 0 Å². The summed E-state index contributed by atoms with van der Waals surface area (Å²) in [5.74, 6) is 0.0827. The van der Waals surface area contributed by atoms with Crippen LogP contribution in [0.5, 0.6) is 0 Å². The highest BCUT2D eigenvalue weighted by Crippen LogP contribution is 2.42. The van der Waals surface area contributed by atoms with Gasteiger partial charge in [0, 0.05) is 38.9 Å². The van der Waals surface area contributed by atoms with Crippen molar-refractivity contribution in [2.75, 3.05) is 37.7 Å². The molecule has 2 aliphatic heterocycles. The second-order valence-electron chi connectivity index (χ2n) is 6.68. The summed E-state index contributed by atoms with van der Waals surface area (Å²) in [6.07, 6.45) is 2.67. The summed E-state index contributed by atoms with van der Waals surface area (Å²) in [5, 5.41) is 18.6. The summed E-state index contributed by atoms with van der Waals surface area (Å²) in [4.78, 5) is 28.0. The molecule has 2 atom stereocenters. The van der Waals surface area contributed by atoms with Crippen molar-refractivity contribution in [2.45, 2.75) is 18.9 Å². The zero-order chi connectivity index (χ0) is 16.6. The summed E-state index contributed by atoms with van der Waals surface area (Å²) in [5.41, 5.74) is 0.260. The second kappa shape index (κ2) is 6.07. The first-order valence-electron chi connectivity index (χ1n) is 7.95. The van der Waals surface area contributed by atoms with Gasteiger partial charge in [-0.05, 0) is 25.5 Å². The van der Waals surface area contributed by atoms with Crippen molar-refractivity contribution in [3.05, 3.63) is 28.7 Å². The van der Waals surface area contributed by atoms with Crippen molar-refractivity contribution in [1.29, 1.82) is 0 Å². The smallest absolute Gasteiger partial charge is 0.250 e. The fraction of sp³-hybridized carbons (Fsp3) is 0.625. The number of pyridine rings is 1. The molecule has 2 fully saturated rings. The van der Waals surface area contributed by atoms with Crippen LogP contribution in [0.4, 0.5) is 5.69 Å². The van der Waals surface area contributed by atoms with Crippen LogP contribution in [0.15, 0.2) is 23.1 Å². The number of β-amino-alcohol motifs (C(OH)–C–C–N with tert-alkyl or cyclic N) is 1. The molecule has 0 unspecified atom stereocenters. The molecule has 1 spiro atoms. The number of carbonyl (C=O) groups is 1. The maximum absolute atomic E-state index is 12.7. The average Bonchev–Trinajstić information content (AvgIpc) is 2.55. The van der Waals surface area contributed by atoms with E-state index in [-0.39, 0.29) is 23.5 Å². The Morgan fingerprint density at radius 3 is 2.74 bits per heavy atom. The second-order valence-corrected chi connectivity index (χ2v) is 6.68. The van der Waals surface area contributed by atoms with E-state index in [2.05, 4.69) is 4.90 Å². The molecule has 0 radical (unpaired) electrons. The lowest BCUT2D eigenvalue weighted by atomic mass is 9.72. The number of rotatable bonds is 4. The molecular formula is C16H23N3O4.